The lowest BCUT2D eigenvalue weighted by Gasteiger charge is -2.16. The van der Waals surface area contributed by atoms with Crippen LogP contribution in [0.15, 0.2) is 24.3 Å². The van der Waals surface area contributed by atoms with Crippen LogP contribution in [-0.2, 0) is 0 Å². The molecule has 0 heterocycles. The molecule has 86 valence electrons. The van der Waals surface area contributed by atoms with Gasteiger partial charge in [-0.25, -0.2) is 0 Å². The van der Waals surface area contributed by atoms with Crippen LogP contribution in [0.3, 0.4) is 0 Å². The third-order valence-electron chi connectivity index (χ3n) is 1.95. The second-order valence-electron chi connectivity index (χ2n) is 4.93. The molecule has 1 aromatic rings. The van der Waals surface area contributed by atoms with Crippen molar-refractivity contribution in [3.63, 3.8) is 0 Å². The number of hydrogen-bond acceptors (Lipinski definition) is 3. The second kappa shape index (κ2) is 5.52. The van der Waals surface area contributed by atoms with E-state index in [9.17, 15) is 0 Å². The molecular weight excluding hydrogens is 219 g/mol. The van der Waals surface area contributed by atoms with Crippen LogP contribution >= 0.6 is 0 Å². The number of rotatable bonds is 4. The molecule has 0 fully saturated rings. The minimum atomic E-state index is -1.44. The van der Waals surface area contributed by atoms with Gasteiger partial charge in [-0.2, -0.15) is 0 Å². The molecule has 0 saturated carbocycles. The lowest BCUT2D eigenvalue weighted by Crippen LogP contribution is -2.29. The van der Waals surface area contributed by atoms with Crippen LogP contribution in [-0.4, -0.2) is 26.9 Å². The van der Waals surface area contributed by atoms with E-state index in [0.717, 1.165) is 6.04 Å². The zero-order valence-corrected chi connectivity index (χ0v) is 10.9. The summed E-state index contributed by atoms with van der Waals surface area (Å²) in [6, 6.07) is 7.87. The first-order valence-electron chi connectivity index (χ1n) is 5.24. The van der Waals surface area contributed by atoms with Crippen molar-refractivity contribution in [1.82, 2.24) is 0 Å². The van der Waals surface area contributed by atoms with Gasteiger partial charge in [0, 0.05) is 0 Å². The molecule has 0 bridgehead atoms. The predicted octanol–water partition coefficient (Wildman–Crippen LogP) is 0.829. The van der Waals surface area contributed by atoms with Crippen LogP contribution in [0.25, 0.3) is 0 Å². The summed E-state index contributed by atoms with van der Waals surface area (Å²) in [5.74, 6) is 0.688. The lowest BCUT2D eigenvalue weighted by molar-refractivity contribution is 0.425. The molecule has 0 saturated heterocycles. The molecule has 0 aromatic heterocycles. The van der Waals surface area contributed by atoms with Crippen LogP contribution in [0, 0.1) is 5.41 Å². The van der Waals surface area contributed by atoms with E-state index < -0.39 is 7.12 Å². The van der Waals surface area contributed by atoms with E-state index in [1.54, 1.807) is 18.2 Å². The maximum absolute atomic E-state index is 9.01. The van der Waals surface area contributed by atoms with Crippen molar-refractivity contribution >= 4 is 22.3 Å². The molecule has 0 unspecified atom stereocenters. The molecule has 3 nitrogen and oxygen atoms in total. The third-order valence-corrected chi connectivity index (χ3v) is 3.53. The summed E-state index contributed by atoms with van der Waals surface area (Å²) in [4.78, 5) is 0. The van der Waals surface area contributed by atoms with Crippen molar-refractivity contribution in [2.45, 2.75) is 26.8 Å². The zero-order chi connectivity index (χ0) is 12.2. The Hall–Kier alpha value is -0.778. The maximum Gasteiger partial charge on any atom is 0.488 e. The van der Waals surface area contributed by atoms with Gasteiger partial charge in [-0.05, 0) is 29.1 Å². The summed E-state index contributed by atoms with van der Waals surface area (Å²) >= 11 is 0. The second-order valence-corrected chi connectivity index (χ2v) is 5.78. The highest BCUT2D eigenvalue weighted by Gasteiger charge is 2.13. The molecule has 0 aliphatic carbocycles. The molecule has 5 heteroatoms. The van der Waals surface area contributed by atoms with Crippen molar-refractivity contribution in [3.8, 4) is 5.75 Å². The monoisotopic (exact) mass is 236 g/mol. The van der Waals surface area contributed by atoms with Gasteiger partial charge in [-0.1, -0.05) is 32.9 Å². The fraction of sp³-hybridized carbons (Fsp3) is 0.455. The standard InChI is InChI=1S/C11H17BO3Si/c1-11(2,3)8-16-15-10-6-4-5-9(7-10)12(13)14/h4-7,13-14H,8H2,1-3H3. The van der Waals surface area contributed by atoms with Crippen LogP contribution < -0.4 is 9.89 Å². The Morgan fingerprint density at radius 1 is 1.31 bits per heavy atom. The first-order valence-corrected chi connectivity index (χ1v) is 6.36. The van der Waals surface area contributed by atoms with Gasteiger partial charge in [0.25, 0.3) is 0 Å². The van der Waals surface area contributed by atoms with Crippen molar-refractivity contribution in [2.24, 2.45) is 5.41 Å². The first kappa shape index (κ1) is 13.3. The molecule has 2 radical (unpaired) electrons. The quantitative estimate of drug-likeness (QED) is 0.761. The van der Waals surface area contributed by atoms with Crippen LogP contribution in [0.1, 0.15) is 20.8 Å². The molecule has 2 N–H and O–H groups in total. The summed E-state index contributed by atoms with van der Waals surface area (Å²) in [6.45, 7) is 6.49. The van der Waals surface area contributed by atoms with E-state index in [0.29, 0.717) is 21.0 Å². The largest absolute Gasteiger partial charge is 0.541 e. The fourth-order valence-corrected chi connectivity index (χ4v) is 1.87. The van der Waals surface area contributed by atoms with Gasteiger partial charge < -0.3 is 14.5 Å². The molecule has 16 heavy (non-hydrogen) atoms. The van der Waals surface area contributed by atoms with E-state index in [4.69, 9.17) is 14.5 Å². The van der Waals surface area contributed by atoms with Gasteiger partial charge in [0.1, 0.15) is 5.75 Å². The Labute approximate surface area is 99.5 Å². The Balaban J connectivity index is 2.51. The molecule has 0 amide bonds. The minimum absolute atomic E-state index is 0.256. The first-order chi connectivity index (χ1) is 7.38. The molecule has 0 spiro atoms. The molecule has 0 atom stereocenters. The van der Waals surface area contributed by atoms with E-state index in [2.05, 4.69) is 20.8 Å². The predicted molar refractivity (Wildman–Crippen MR) is 66.9 cm³/mol. The van der Waals surface area contributed by atoms with Crippen LogP contribution in [0.4, 0.5) is 0 Å². The topological polar surface area (TPSA) is 49.7 Å². The zero-order valence-electron chi connectivity index (χ0n) is 9.90. The summed E-state index contributed by atoms with van der Waals surface area (Å²) < 4.78 is 5.58. The van der Waals surface area contributed by atoms with Crippen LogP contribution in [0.2, 0.25) is 6.04 Å². The Bertz CT molecular complexity index is 336. The Morgan fingerprint density at radius 3 is 2.56 bits per heavy atom. The van der Waals surface area contributed by atoms with Gasteiger partial charge in [-0.15, -0.1) is 0 Å². The van der Waals surface area contributed by atoms with Crippen molar-refractivity contribution in [3.05, 3.63) is 24.3 Å². The summed E-state index contributed by atoms with van der Waals surface area (Å²) in [6.07, 6.45) is 0. The van der Waals surface area contributed by atoms with Crippen molar-refractivity contribution < 1.29 is 14.5 Å². The maximum atomic E-state index is 9.01. The Morgan fingerprint density at radius 2 is 2.00 bits per heavy atom. The SMILES string of the molecule is CC(C)(C)C[Si]Oc1cccc(B(O)O)c1. The lowest BCUT2D eigenvalue weighted by atomic mass is 9.80. The van der Waals surface area contributed by atoms with Crippen molar-refractivity contribution in [2.75, 3.05) is 0 Å². The van der Waals surface area contributed by atoms with Gasteiger partial charge in [-0.3, -0.25) is 0 Å². The molecule has 0 aliphatic rings. The normalized spacial score (nSPS) is 11.3. The highest BCUT2D eigenvalue weighted by atomic mass is 28.2. The third kappa shape index (κ3) is 4.83. The summed E-state index contributed by atoms with van der Waals surface area (Å²) in [5.41, 5.74) is 0.713. The van der Waals surface area contributed by atoms with Gasteiger partial charge >= 0.3 is 16.9 Å². The molecule has 1 aromatic carbocycles. The average Bonchev–Trinajstić information content (AvgIpc) is 2.16. The van der Waals surface area contributed by atoms with E-state index in [-0.39, 0.29) is 5.41 Å². The van der Waals surface area contributed by atoms with Gasteiger partial charge in [0.15, 0.2) is 0 Å². The Kier molecular flexibility index (Phi) is 4.58. The molecule has 0 aliphatic heterocycles. The summed E-state index contributed by atoms with van der Waals surface area (Å²) in [5, 5.41) is 18.0. The van der Waals surface area contributed by atoms with Gasteiger partial charge in [0.2, 0.25) is 0 Å². The highest BCUT2D eigenvalue weighted by molar-refractivity contribution is 6.58. The van der Waals surface area contributed by atoms with Crippen LogP contribution in [0.5, 0.6) is 5.75 Å². The smallest absolute Gasteiger partial charge is 0.488 e. The number of benzene rings is 1. The van der Waals surface area contributed by atoms with E-state index >= 15 is 0 Å². The van der Waals surface area contributed by atoms with E-state index in [1.165, 1.54) is 0 Å². The molecule has 1 rings (SSSR count). The highest BCUT2D eigenvalue weighted by Crippen LogP contribution is 2.19. The van der Waals surface area contributed by atoms with E-state index in [1.807, 2.05) is 6.07 Å². The minimum Gasteiger partial charge on any atom is -0.541 e. The van der Waals surface area contributed by atoms with Gasteiger partial charge in [0.05, 0.1) is 0 Å². The fourth-order valence-electron chi connectivity index (χ4n) is 1.07. The average molecular weight is 236 g/mol. The van der Waals surface area contributed by atoms with Crippen molar-refractivity contribution in [1.29, 1.82) is 0 Å². The molecular formula is C11H17BO3Si. The summed E-state index contributed by atoms with van der Waals surface area (Å²) in [7, 11) is -1.05. The number of hydrogen-bond donors (Lipinski definition) is 2.